The Morgan fingerprint density at radius 1 is 1.40 bits per heavy atom. The first kappa shape index (κ1) is 7.22. The Kier molecular flexibility index (Phi) is 2.40. The SMILES string of the molecule is O[CH]Cc1ccccc1F. The van der Waals surface area contributed by atoms with Crippen LogP contribution < -0.4 is 0 Å². The third-order valence-electron chi connectivity index (χ3n) is 1.27. The number of aliphatic hydroxyl groups is 1. The Labute approximate surface area is 59.1 Å². The van der Waals surface area contributed by atoms with Gasteiger partial charge >= 0.3 is 0 Å². The lowest BCUT2D eigenvalue weighted by molar-refractivity contribution is 0.383. The highest BCUT2D eigenvalue weighted by Crippen LogP contribution is 2.06. The summed E-state index contributed by atoms with van der Waals surface area (Å²) in [5.74, 6) is -0.271. The molecule has 0 unspecified atom stereocenters. The highest BCUT2D eigenvalue weighted by molar-refractivity contribution is 5.17. The number of hydrogen-bond acceptors (Lipinski definition) is 1. The summed E-state index contributed by atoms with van der Waals surface area (Å²) < 4.78 is 12.6. The molecule has 0 saturated carbocycles. The monoisotopic (exact) mass is 139 g/mol. The van der Waals surface area contributed by atoms with Gasteiger partial charge in [0.15, 0.2) is 0 Å². The van der Waals surface area contributed by atoms with Gasteiger partial charge in [0.1, 0.15) is 5.82 Å². The van der Waals surface area contributed by atoms with Crippen molar-refractivity contribution in [1.82, 2.24) is 0 Å². The van der Waals surface area contributed by atoms with Crippen molar-refractivity contribution in [3.05, 3.63) is 42.3 Å². The standard InChI is InChI=1S/C8H8FO/c9-8-4-2-1-3-7(8)5-6-10/h1-4,6,10H,5H2. The quantitative estimate of drug-likeness (QED) is 0.663. The van der Waals surface area contributed by atoms with Crippen LogP contribution in [0.5, 0.6) is 0 Å². The molecule has 1 radical (unpaired) electrons. The molecule has 53 valence electrons. The highest BCUT2D eigenvalue weighted by atomic mass is 19.1. The van der Waals surface area contributed by atoms with Gasteiger partial charge in [-0.1, -0.05) is 18.2 Å². The number of hydrogen-bond donors (Lipinski definition) is 1. The molecule has 0 fully saturated rings. The summed E-state index contributed by atoms with van der Waals surface area (Å²) in [6.07, 6.45) is 0.271. The first-order valence-electron chi connectivity index (χ1n) is 3.04. The minimum Gasteiger partial charge on any atom is -0.390 e. The maximum atomic E-state index is 12.6. The molecular weight excluding hydrogens is 131 g/mol. The predicted molar refractivity (Wildman–Crippen MR) is 36.3 cm³/mol. The molecule has 0 saturated heterocycles. The third kappa shape index (κ3) is 1.54. The van der Waals surface area contributed by atoms with Gasteiger partial charge in [0.05, 0.1) is 6.61 Å². The summed E-state index contributed by atoms with van der Waals surface area (Å²) >= 11 is 0. The van der Waals surface area contributed by atoms with Crippen molar-refractivity contribution in [1.29, 1.82) is 0 Å². The van der Waals surface area contributed by atoms with E-state index >= 15 is 0 Å². The largest absolute Gasteiger partial charge is 0.390 e. The van der Waals surface area contributed by atoms with E-state index in [1.54, 1.807) is 18.2 Å². The van der Waals surface area contributed by atoms with E-state index in [2.05, 4.69) is 0 Å². The van der Waals surface area contributed by atoms with Crippen molar-refractivity contribution in [3.63, 3.8) is 0 Å². The van der Waals surface area contributed by atoms with Crippen molar-refractivity contribution < 1.29 is 9.50 Å². The van der Waals surface area contributed by atoms with Crippen molar-refractivity contribution in [2.45, 2.75) is 6.42 Å². The van der Waals surface area contributed by atoms with Crippen LogP contribution >= 0.6 is 0 Å². The van der Waals surface area contributed by atoms with Gasteiger partial charge in [0.25, 0.3) is 0 Å². The van der Waals surface area contributed by atoms with Crippen LogP contribution in [0.2, 0.25) is 0 Å². The van der Waals surface area contributed by atoms with E-state index in [1.165, 1.54) is 6.07 Å². The zero-order valence-corrected chi connectivity index (χ0v) is 5.42. The molecule has 0 aliphatic rings. The van der Waals surface area contributed by atoms with Gasteiger partial charge in [-0.25, -0.2) is 4.39 Å². The smallest absolute Gasteiger partial charge is 0.126 e. The molecule has 0 bridgehead atoms. The first-order valence-corrected chi connectivity index (χ1v) is 3.04. The minimum absolute atomic E-state index is 0.271. The predicted octanol–water partition coefficient (Wildman–Crippen LogP) is 1.90. The normalized spacial score (nSPS) is 9.80. The van der Waals surface area contributed by atoms with Crippen LogP contribution in [0.3, 0.4) is 0 Å². The molecule has 0 aromatic heterocycles. The molecule has 0 amide bonds. The summed E-state index contributed by atoms with van der Waals surface area (Å²) in [6.45, 7) is 0.943. The van der Waals surface area contributed by atoms with Crippen LogP contribution in [0.15, 0.2) is 24.3 Å². The van der Waals surface area contributed by atoms with E-state index in [0.29, 0.717) is 5.56 Å². The van der Waals surface area contributed by atoms with Gasteiger partial charge in [-0.05, 0) is 11.6 Å². The van der Waals surface area contributed by atoms with Crippen LogP contribution in [-0.2, 0) is 6.42 Å². The van der Waals surface area contributed by atoms with Crippen molar-refractivity contribution in [2.75, 3.05) is 0 Å². The van der Waals surface area contributed by atoms with Crippen molar-refractivity contribution in [3.8, 4) is 0 Å². The van der Waals surface area contributed by atoms with E-state index in [1.807, 2.05) is 0 Å². The fourth-order valence-corrected chi connectivity index (χ4v) is 0.762. The molecule has 1 nitrogen and oxygen atoms in total. The molecule has 1 aromatic rings. The van der Waals surface area contributed by atoms with Gasteiger partial charge in [-0.2, -0.15) is 0 Å². The summed E-state index contributed by atoms with van der Waals surface area (Å²) in [7, 11) is 0. The maximum absolute atomic E-state index is 12.6. The second kappa shape index (κ2) is 3.32. The van der Waals surface area contributed by atoms with E-state index < -0.39 is 0 Å². The maximum Gasteiger partial charge on any atom is 0.126 e. The molecule has 0 aliphatic carbocycles. The fourth-order valence-electron chi connectivity index (χ4n) is 0.762. The Morgan fingerprint density at radius 3 is 2.70 bits per heavy atom. The second-order valence-corrected chi connectivity index (χ2v) is 1.98. The average Bonchev–Trinajstić information content (AvgIpc) is 1.94. The van der Waals surface area contributed by atoms with Gasteiger partial charge in [0, 0.05) is 6.42 Å². The summed E-state index contributed by atoms with van der Waals surface area (Å²) in [4.78, 5) is 0. The van der Waals surface area contributed by atoms with E-state index in [-0.39, 0.29) is 12.2 Å². The van der Waals surface area contributed by atoms with Crippen LogP contribution in [0.1, 0.15) is 5.56 Å². The van der Waals surface area contributed by atoms with Crippen molar-refractivity contribution >= 4 is 0 Å². The average molecular weight is 139 g/mol. The zero-order valence-electron chi connectivity index (χ0n) is 5.42. The summed E-state index contributed by atoms with van der Waals surface area (Å²) in [5, 5.41) is 8.35. The molecular formula is C8H8FO. The molecule has 2 heteroatoms. The molecule has 10 heavy (non-hydrogen) atoms. The minimum atomic E-state index is -0.271. The van der Waals surface area contributed by atoms with Crippen LogP contribution in [0.25, 0.3) is 0 Å². The first-order chi connectivity index (χ1) is 4.84. The Bertz CT molecular complexity index is 210. The van der Waals surface area contributed by atoms with Crippen LogP contribution in [-0.4, -0.2) is 5.11 Å². The van der Waals surface area contributed by atoms with Gasteiger partial charge in [-0.3, -0.25) is 0 Å². The van der Waals surface area contributed by atoms with Gasteiger partial charge < -0.3 is 5.11 Å². The molecule has 1 N–H and O–H groups in total. The Hall–Kier alpha value is -0.890. The van der Waals surface area contributed by atoms with Crippen molar-refractivity contribution in [2.24, 2.45) is 0 Å². The van der Waals surface area contributed by atoms with E-state index in [0.717, 1.165) is 6.61 Å². The molecule has 0 atom stereocenters. The third-order valence-corrected chi connectivity index (χ3v) is 1.27. The number of benzene rings is 1. The molecule has 1 aromatic carbocycles. The topological polar surface area (TPSA) is 20.2 Å². The van der Waals surface area contributed by atoms with E-state index in [4.69, 9.17) is 5.11 Å². The summed E-state index contributed by atoms with van der Waals surface area (Å²) in [5.41, 5.74) is 0.519. The zero-order chi connectivity index (χ0) is 7.40. The highest BCUT2D eigenvalue weighted by Gasteiger charge is 1.97. The van der Waals surface area contributed by atoms with Crippen LogP contribution in [0.4, 0.5) is 4.39 Å². The number of aliphatic hydroxyl groups excluding tert-OH is 1. The molecule has 0 heterocycles. The lowest BCUT2D eigenvalue weighted by Crippen LogP contribution is -1.88. The fraction of sp³-hybridized carbons (Fsp3) is 0.125. The molecule has 0 aliphatic heterocycles. The van der Waals surface area contributed by atoms with Gasteiger partial charge in [0.2, 0.25) is 0 Å². The van der Waals surface area contributed by atoms with Gasteiger partial charge in [-0.15, -0.1) is 0 Å². The molecule has 0 spiro atoms. The lowest BCUT2D eigenvalue weighted by Gasteiger charge is -1.96. The lowest BCUT2D eigenvalue weighted by atomic mass is 10.1. The molecule has 1 rings (SSSR count). The number of rotatable bonds is 2. The number of halogens is 1. The summed E-state index contributed by atoms with van der Waals surface area (Å²) in [6, 6.07) is 6.37. The Morgan fingerprint density at radius 2 is 2.10 bits per heavy atom. The van der Waals surface area contributed by atoms with E-state index in [9.17, 15) is 4.39 Å². The Balaban J connectivity index is 2.81. The van der Waals surface area contributed by atoms with Crippen LogP contribution in [0, 0.1) is 12.4 Å². The second-order valence-electron chi connectivity index (χ2n) is 1.98.